The van der Waals surface area contributed by atoms with Crippen molar-refractivity contribution in [2.75, 3.05) is 11.1 Å². The second-order valence-corrected chi connectivity index (χ2v) is 3.57. The van der Waals surface area contributed by atoms with Crippen molar-refractivity contribution in [1.29, 1.82) is 0 Å². The van der Waals surface area contributed by atoms with Crippen LogP contribution in [0, 0.1) is 5.82 Å². The molecule has 3 heteroatoms. The minimum Gasteiger partial charge on any atom is -0.397 e. The van der Waals surface area contributed by atoms with E-state index < -0.39 is 0 Å². The standard InChI is InChI=1S/C13H13FN2/c14-11-5-3-4-10(8-11)9-16-13-7-2-1-6-12(13)15/h1-8,16H,9,15H2. The van der Waals surface area contributed by atoms with Gasteiger partial charge in [0, 0.05) is 6.54 Å². The Labute approximate surface area is 93.9 Å². The van der Waals surface area contributed by atoms with Gasteiger partial charge in [-0.2, -0.15) is 0 Å². The number of nitrogen functional groups attached to an aromatic ring is 1. The Balaban J connectivity index is 2.05. The van der Waals surface area contributed by atoms with Crippen LogP contribution in [0.4, 0.5) is 15.8 Å². The van der Waals surface area contributed by atoms with E-state index in [0.29, 0.717) is 12.2 Å². The largest absolute Gasteiger partial charge is 0.397 e. The molecule has 0 spiro atoms. The Hall–Kier alpha value is -2.03. The summed E-state index contributed by atoms with van der Waals surface area (Å²) in [6.07, 6.45) is 0. The average molecular weight is 216 g/mol. The molecule has 0 bridgehead atoms. The lowest BCUT2D eigenvalue weighted by Crippen LogP contribution is -2.02. The number of para-hydroxylation sites is 2. The summed E-state index contributed by atoms with van der Waals surface area (Å²) in [6, 6.07) is 14.0. The fourth-order valence-electron chi connectivity index (χ4n) is 1.50. The summed E-state index contributed by atoms with van der Waals surface area (Å²) < 4.78 is 12.9. The zero-order valence-electron chi connectivity index (χ0n) is 8.78. The Kier molecular flexibility index (Phi) is 3.05. The molecule has 0 aliphatic rings. The summed E-state index contributed by atoms with van der Waals surface area (Å²) in [5.74, 6) is -0.222. The van der Waals surface area contributed by atoms with E-state index in [1.54, 1.807) is 6.07 Å². The molecule has 0 aliphatic heterocycles. The molecule has 16 heavy (non-hydrogen) atoms. The van der Waals surface area contributed by atoms with Crippen molar-refractivity contribution in [1.82, 2.24) is 0 Å². The first-order valence-corrected chi connectivity index (χ1v) is 5.08. The third kappa shape index (κ3) is 2.51. The molecule has 2 rings (SSSR count). The minimum atomic E-state index is -0.222. The second-order valence-electron chi connectivity index (χ2n) is 3.57. The smallest absolute Gasteiger partial charge is 0.123 e. The molecular formula is C13H13FN2. The number of nitrogens with one attached hydrogen (secondary N) is 1. The van der Waals surface area contributed by atoms with Crippen molar-refractivity contribution in [2.24, 2.45) is 0 Å². The number of anilines is 2. The van der Waals surface area contributed by atoms with Crippen molar-refractivity contribution in [3.05, 3.63) is 59.9 Å². The van der Waals surface area contributed by atoms with Crippen molar-refractivity contribution < 1.29 is 4.39 Å². The Bertz CT molecular complexity index is 483. The van der Waals surface area contributed by atoms with Crippen LogP contribution >= 0.6 is 0 Å². The van der Waals surface area contributed by atoms with E-state index in [0.717, 1.165) is 11.3 Å². The minimum absolute atomic E-state index is 0.222. The van der Waals surface area contributed by atoms with E-state index in [-0.39, 0.29) is 5.82 Å². The van der Waals surface area contributed by atoms with Gasteiger partial charge in [-0.1, -0.05) is 24.3 Å². The highest BCUT2D eigenvalue weighted by molar-refractivity contribution is 5.65. The van der Waals surface area contributed by atoms with Crippen LogP contribution in [0.5, 0.6) is 0 Å². The van der Waals surface area contributed by atoms with Gasteiger partial charge >= 0.3 is 0 Å². The van der Waals surface area contributed by atoms with Crippen molar-refractivity contribution in [3.63, 3.8) is 0 Å². The zero-order chi connectivity index (χ0) is 11.4. The van der Waals surface area contributed by atoms with E-state index in [4.69, 9.17) is 5.73 Å². The van der Waals surface area contributed by atoms with Gasteiger partial charge < -0.3 is 11.1 Å². The SMILES string of the molecule is Nc1ccccc1NCc1cccc(F)c1. The predicted octanol–water partition coefficient (Wildman–Crippen LogP) is 3.02. The van der Waals surface area contributed by atoms with E-state index >= 15 is 0 Å². The Morgan fingerprint density at radius 3 is 2.62 bits per heavy atom. The average Bonchev–Trinajstić information content (AvgIpc) is 2.28. The first-order chi connectivity index (χ1) is 7.75. The van der Waals surface area contributed by atoms with Crippen LogP contribution < -0.4 is 11.1 Å². The monoisotopic (exact) mass is 216 g/mol. The number of benzene rings is 2. The normalized spacial score (nSPS) is 10.1. The van der Waals surface area contributed by atoms with Gasteiger partial charge in [-0.15, -0.1) is 0 Å². The van der Waals surface area contributed by atoms with Crippen LogP contribution in [0.3, 0.4) is 0 Å². The van der Waals surface area contributed by atoms with Crippen molar-refractivity contribution in [2.45, 2.75) is 6.54 Å². The number of nitrogens with two attached hydrogens (primary N) is 1. The third-order valence-corrected chi connectivity index (χ3v) is 2.33. The molecule has 2 aromatic rings. The lowest BCUT2D eigenvalue weighted by molar-refractivity contribution is 0.626. The molecule has 0 radical (unpaired) electrons. The van der Waals surface area contributed by atoms with Gasteiger partial charge in [0.15, 0.2) is 0 Å². The fraction of sp³-hybridized carbons (Fsp3) is 0.0769. The van der Waals surface area contributed by atoms with Crippen LogP contribution in [0.1, 0.15) is 5.56 Å². The summed E-state index contributed by atoms with van der Waals surface area (Å²) in [6.45, 7) is 0.561. The first-order valence-electron chi connectivity index (χ1n) is 5.08. The molecule has 0 fully saturated rings. The Morgan fingerprint density at radius 2 is 1.88 bits per heavy atom. The van der Waals surface area contributed by atoms with Gasteiger partial charge in [0.25, 0.3) is 0 Å². The number of hydrogen-bond donors (Lipinski definition) is 2. The van der Waals surface area contributed by atoms with Crippen LogP contribution in [-0.4, -0.2) is 0 Å². The molecule has 0 saturated carbocycles. The number of hydrogen-bond acceptors (Lipinski definition) is 2. The van der Waals surface area contributed by atoms with Crippen molar-refractivity contribution >= 4 is 11.4 Å². The number of rotatable bonds is 3. The van der Waals surface area contributed by atoms with Gasteiger partial charge in [-0.05, 0) is 29.8 Å². The van der Waals surface area contributed by atoms with Crippen LogP contribution in [0.2, 0.25) is 0 Å². The summed E-state index contributed by atoms with van der Waals surface area (Å²) >= 11 is 0. The van der Waals surface area contributed by atoms with Crippen LogP contribution in [0.15, 0.2) is 48.5 Å². The highest BCUT2D eigenvalue weighted by Gasteiger charge is 1.98. The molecule has 0 aliphatic carbocycles. The molecular weight excluding hydrogens is 203 g/mol. The lowest BCUT2D eigenvalue weighted by Gasteiger charge is -2.08. The van der Waals surface area contributed by atoms with Gasteiger partial charge in [-0.25, -0.2) is 4.39 Å². The summed E-state index contributed by atoms with van der Waals surface area (Å²) in [7, 11) is 0. The summed E-state index contributed by atoms with van der Waals surface area (Å²) in [4.78, 5) is 0. The summed E-state index contributed by atoms with van der Waals surface area (Å²) in [5, 5.41) is 3.16. The van der Waals surface area contributed by atoms with Crippen molar-refractivity contribution in [3.8, 4) is 0 Å². The van der Waals surface area contributed by atoms with Gasteiger partial charge in [0.1, 0.15) is 5.82 Å². The maximum Gasteiger partial charge on any atom is 0.123 e. The number of halogens is 1. The zero-order valence-corrected chi connectivity index (χ0v) is 8.78. The predicted molar refractivity (Wildman–Crippen MR) is 64.6 cm³/mol. The fourth-order valence-corrected chi connectivity index (χ4v) is 1.50. The van der Waals surface area contributed by atoms with Gasteiger partial charge in [-0.3, -0.25) is 0 Å². The molecule has 2 nitrogen and oxygen atoms in total. The van der Waals surface area contributed by atoms with E-state index in [1.807, 2.05) is 30.3 Å². The summed E-state index contributed by atoms with van der Waals surface area (Å²) in [5.41, 5.74) is 8.23. The van der Waals surface area contributed by atoms with Gasteiger partial charge in [0.2, 0.25) is 0 Å². The first kappa shape index (κ1) is 10.5. The highest BCUT2D eigenvalue weighted by Crippen LogP contribution is 2.17. The molecule has 0 amide bonds. The molecule has 2 aromatic carbocycles. The molecule has 3 N–H and O–H groups in total. The quantitative estimate of drug-likeness (QED) is 0.774. The lowest BCUT2D eigenvalue weighted by atomic mass is 10.2. The van der Waals surface area contributed by atoms with E-state index in [9.17, 15) is 4.39 Å². The third-order valence-electron chi connectivity index (χ3n) is 2.33. The molecule has 0 aromatic heterocycles. The van der Waals surface area contributed by atoms with E-state index in [1.165, 1.54) is 12.1 Å². The maximum atomic E-state index is 12.9. The Morgan fingerprint density at radius 1 is 1.06 bits per heavy atom. The second kappa shape index (κ2) is 4.66. The molecule has 0 unspecified atom stereocenters. The highest BCUT2D eigenvalue weighted by atomic mass is 19.1. The topological polar surface area (TPSA) is 38.0 Å². The molecule has 0 saturated heterocycles. The van der Waals surface area contributed by atoms with Gasteiger partial charge in [0.05, 0.1) is 11.4 Å². The molecule has 0 atom stereocenters. The maximum absolute atomic E-state index is 12.9. The van der Waals surface area contributed by atoms with Crippen LogP contribution in [-0.2, 0) is 6.54 Å². The van der Waals surface area contributed by atoms with E-state index in [2.05, 4.69) is 5.32 Å². The molecule has 82 valence electrons. The molecule has 0 heterocycles. The van der Waals surface area contributed by atoms with Crippen LogP contribution in [0.25, 0.3) is 0 Å².